The Morgan fingerprint density at radius 2 is 1.95 bits per heavy atom. The SMILES string of the molecule is COCc1nc(Cl)cc(Sc2ccc(C)c(C)c2)n1. The van der Waals surface area contributed by atoms with Crippen molar-refractivity contribution in [2.24, 2.45) is 0 Å². The molecule has 0 saturated carbocycles. The Morgan fingerprint density at radius 3 is 2.63 bits per heavy atom. The molecule has 0 radical (unpaired) electrons. The van der Waals surface area contributed by atoms with Crippen LogP contribution in [0.1, 0.15) is 17.0 Å². The van der Waals surface area contributed by atoms with E-state index in [-0.39, 0.29) is 0 Å². The third-order valence-electron chi connectivity index (χ3n) is 2.69. The van der Waals surface area contributed by atoms with Crippen molar-refractivity contribution in [1.29, 1.82) is 0 Å². The van der Waals surface area contributed by atoms with Crippen LogP contribution >= 0.6 is 23.4 Å². The fraction of sp³-hybridized carbons (Fsp3) is 0.286. The number of methoxy groups -OCH3 is 1. The molecule has 0 atom stereocenters. The van der Waals surface area contributed by atoms with Gasteiger partial charge in [0.25, 0.3) is 0 Å². The fourth-order valence-electron chi connectivity index (χ4n) is 1.59. The summed E-state index contributed by atoms with van der Waals surface area (Å²) in [5, 5.41) is 1.27. The molecular formula is C14H15ClN2OS. The van der Waals surface area contributed by atoms with E-state index in [4.69, 9.17) is 16.3 Å². The van der Waals surface area contributed by atoms with Crippen LogP contribution < -0.4 is 0 Å². The van der Waals surface area contributed by atoms with Crippen LogP contribution in [-0.2, 0) is 11.3 Å². The molecule has 5 heteroatoms. The van der Waals surface area contributed by atoms with Gasteiger partial charge in [-0.15, -0.1) is 0 Å². The first-order valence-electron chi connectivity index (χ1n) is 5.86. The maximum absolute atomic E-state index is 5.99. The summed E-state index contributed by atoms with van der Waals surface area (Å²) in [5.41, 5.74) is 2.55. The third-order valence-corrected chi connectivity index (χ3v) is 3.79. The smallest absolute Gasteiger partial charge is 0.156 e. The number of hydrogen-bond acceptors (Lipinski definition) is 4. The minimum absolute atomic E-state index is 0.362. The minimum Gasteiger partial charge on any atom is -0.377 e. The lowest BCUT2D eigenvalue weighted by Crippen LogP contribution is -1.98. The van der Waals surface area contributed by atoms with E-state index in [0.717, 1.165) is 9.92 Å². The van der Waals surface area contributed by atoms with Crippen molar-refractivity contribution in [2.45, 2.75) is 30.4 Å². The highest BCUT2D eigenvalue weighted by Crippen LogP contribution is 2.28. The molecule has 0 spiro atoms. The molecular weight excluding hydrogens is 280 g/mol. The summed E-state index contributed by atoms with van der Waals surface area (Å²) >= 11 is 7.56. The summed E-state index contributed by atoms with van der Waals surface area (Å²) in [7, 11) is 1.61. The Balaban J connectivity index is 2.24. The molecule has 2 aromatic rings. The van der Waals surface area contributed by atoms with Gasteiger partial charge in [0.05, 0.1) is 0 Å². The van der Waals surface area contributed by atoms with E-state index < -0.39 is 0 Å². The standard InChI is InChI=1S/C14H15ClN2OS/c1-9-4-5-11(6-10(9)2)19-14-7-12(15)16-13(17-14)8-18-3/h4-7H,8H2,1-3H3. The molecule has 1 aromatic carbocycles. The Morgan fingerprint density at radius 1 is 1.16 bits per heavy atom. The van der Waals surface area contributed by atoms with Crippen molar-refractivity contribution in [3.05, 3.63) is 46.4 Å². The van der Waals surface area contributed by atoms with Gasteiger partial charge < -0.3 is 4.74 Å². The lowest BCUT2D eigenvalue weighted by atomic mass is 10.1. The van der Waals surface area contributed by atoms with Crippen LogP contribution in [0, 0.1) is 13.8 Å². The van der Waals surface area contributed by atoms with Crippen LogP contribution in [0.5, 0.6) is 0 Å². The zero-order valence-corrected chi connectivity index (χ0v) is 12.7. The molecule has 0 amide bonds. The molecule has 1 aromatic heterocycles. The normalized spacial score (nSPS) is 10.7. The summed E-state index contributed by atoms with van der Waals surface area (Å²) in [6, 6.07) is 8.10. The number of benzene rings is 1. The number of ether oxygens (including phenoxy) is 1. The van der Waals surface area contributed by atoms with Gasteiger partial charge in [-0.25, -0.2) is 9.97 Å². The Hall–Kier alpha value is -1.10. The van der Waals surface area contributed by atoms with Crippen LogP contribution in [0.3, 0.4) is 0 Å². The Labute approximate surface area is 122 Å². The Kier molecular flexibility index (Phi) is 4.80. The topological polar surface area (TPSA) is 35.0 Å². The highest BCUT2D eigenvalue weighted by atomic mass is 35.5. The zero-order chi connectivity index (χ0) is 13.8. The second-order valence-corrected chi connectivity index (χ2v) is 5.71. The van der Waals surface area contributed by atoms with E-state index in [9.17, 15) is 0 Å². The van der Waals surface area contributed by atoms with Gasteiger partial charge in [0.15, 0.2) is 5.82 Å². The van der Waals surface area contributed by atoms with Crippen molar-refractivity contribution in [2.75, 3.05) is 7.11 Å². The molecule has 0 aliphatic carbocycles. The largest absolute Gasteiger partial charge is 0.377 e. The van der Waals surface area contributed by atoms with Gasteiger partial charge in [-0.2, -0.15) is 0 Å². The van der Waals surface area contributed by atoms with Crippen LogP contribution in [0.25, 0.3) is 0 Å². The van der Waals surface area contributed by atoms with Gasteiger partial charge in [0.2, 0.25) is 0 Å². The number of halogens is 1. The van der Waals surface area contributed by atoms with Gasteiger partial charge in [0, 0.05) is 18.1 Å². The lowest BCUT2D eigenvalue weighted by Gasteiger charge is -2.06. The maximum atomic E-state index is 5.99. The molecule has 19 heavy (non-hydrogen) atoms. The van der Waals surface area contributed by atoms with Gasteiger partial charge in [-0.1, -0.05) is 29.4 Å². The van der Waals surface area contributed by atoms with E-state index in [2.05, 4.69) is 42.0 Å². The van der Waals surface area contributed by atoms with Crippen LogP contribution in [-0.4, -0.2) is 17.1 Å². The van der Waals surface area contributed by atoms with Crippen molar-refractivity contribution in [1.82, 2.24) is 9.97 Å². The van der Waals surface area contributed by atoms with Crippen molar-refractivity contribution >= 4 is 23.4 Å². The van der Waals surface area contributed by atoms with E-state index in [0.29, 0.717) is 17.6 Å². The summed E-state index contributed by atoms with van der Waals surface area (Å²) in [5.74, 6) is 0.598. The molecule has 0 bridgehead atoms. The molecule has 3 nitrogen and oxygen atoms in total. The number of rotatable bonds is 4. The number of aryl methyl sites for hydroxylation is 2. The highest BCUT2D eigenvalue weighted by molar-refractivity contribution is 7.99. The average molecular weight is 295 g/mol. The first-order valence-corrected chi connectivity index (χ1v) is 7.05. The molecule has 0 unspecified atom stereocenters. The average Bonchev–Trinajstić information content (AvgIpc) is 2.33. The third kappa shape index (κ3) is 3.93. The maximum Gasteiger partial charge on any atom is 0.156 e. The van der Waals surface area contributed by atoms with Gasteiger partial charge in [-0.3, -0.25) is 0 Å². The van der Waals surface area contributed by atoms with E-state index in [1.54, 1.807) is 24.9 Å². The monoisotopic (exact) mass is 294 g/mol. The van der Waals surface area contributed by atoms with E-state index in [1.807, 2.05) is 0 Å². The lowest BCUT2D eigenvalue weighted by molar-refractivity contribution is 0.177. The summed E-state index contributed by atoms with van der Waals surface area (Å²) in [4.78, 5) is 9.67. The molecule has 100 valence electrons. The second kappa shape index (κ2) is 6.37. The number of aromatic nitrogens is 2. The van der Waals surface area contributed by atoms with Crippen LogP contribution in [0.15, 0.2) is 34.2 Å². The van der Waals surface area contributed by atoms with Crippen molar-refractivity contribution in [3.63, 3.8) is 0 Å². The quantitative estimate of drug-likeness (QED) is 0.797. The number of nitrogens with zero attached hydrogens (tertiary/aromatic N) is 2. The zero-order valence-electron chi connectivity index (χ0n) is 11.1. The first-order chi connectivity index (χ1) is 9.08. The molecule has 0 saturated heterocycles. The van der Waals surface area contributed by atoms with E-state index >= 15 is 0 Å². The van der Waals surface area contributed by atoms with Gasteiger partial charge in [0.1, 0.15) is 16.8 Å². The highest BCUT2D eigenvalue weighted by Gasteiger charge is 2.06. The van der Waals surface area contributed by atoms with Gasteiger partial charge >= 0.3 is 0 Å². The molecule has 0 aliphatic heterocycles. The first kappa shape index (κ1) is 14.3. The fourth-order valence-corrected chi connectivity index (χ4v) is 2.79. The van der Waals surface area contributed by atoms with Crippen LogP contribution in [0.2, 0.25) is 5.15 Å². The summed E-state index contributed by atoms with van der Waals surface area (Å²) < 4.78 is 5.03. The Bertz CT molecular complexity index is 590. The van der Waals surface area contributed by atoms with Crippen LogP contribution in [0.4, 0.5) is 0 Å². The second-order valence-electron chi connectivity index (χ2n) is 4.23. The van der Waals surface area contributed by atoms with Gasteiger partial charge in [-0.05, 0) is 37.1 Å². The molecule has 1 heterocycles. The molecule has 0 aliphatic rings. The van der Waals surface area contributed by atoms with Crippen molar-refractivity contribution < 1.29 is 4.74 Å². The predicted octanol–water partition coefficient (Wildman–Crippen LogP) is 4.04. The molecule has 0 N–H and O–H groups in total. The summed E-state index contributed by atoms with van der Waals surface area (Å²) in [6.07, 6.45) is 0. The molecule has 2 rings (SSSR count). The number of hydrogen-bond donors (Lipinski definition) is 0. The van der Waals surface area contributed by atoms with E-state index in [1.165, 1.54) is 11.1 Å². The minimum atomic E-state index is 0.362. The predicted molar refractivity (Wildman–Crippen MR) is 77.8 cm³/mol. The van der Waals surface area contributed by atoms with Crippen molar-refractivity contribution in [3.8, 4) is 0 Å². The molecule has 0 fully saturated rings. The summed E-state index contributed by atoms with van der Waals surface area (Å²) in [6.45, 7) is 4.56.